The fourth-order valence-electron chi connectivity index (χ4n) is 3.24. The Balaban J connectivity index is 1.79. The van der Waals surface area contributed by atoms with Gasteiger partial charge in [0.15, 0.2) is 5.76 Å². The van der Waals surface area contributed by atoms with E-state index in [0.29, 0.717) is 16.2 Å². The van der Waals surface area contributed by atoms with Gasteiger partial charge in [-0.05, 0) is 37.9 Å². The molecule has 2 heterocycles. The third-order valence-electron chi connectivity index (χ3n) is 4.45. The maximum atomic E-state index is 13.4. The van der Waals surface area contributed by atoms with Crippen LogP contribution in [0, 0.1) is 0 Å². The summed E-state index contributed by atoms with van der Waals surface area (Å²) < 4.78 is 33.6. The van der Waals surface area contributed by atoms with Crippen LogP contribution < -0.4 is 5.32 Å². The number of nitrogens with one attached hydrogen (secondary N) is 1. The highest BCUT2D eigenvalue weighted by Crippen LogP contribution is 2.38. The molecule has 1 N–H and O–H groups in total. The van der Waals surface area contributed by atoms with E-state index >= 15 is 0 Å². The molecule has 1 unspecified atom stereocenters. The molecule has 122 valence electrons. The van der Waals surface area contributed by atoms with Crippen LogP contribution in [0.3, 0.4) is 0 Å². The maximum absolute atomic E-state index is 13.4. The van der Waals surface area contributed by atoms with Gasteiger partial charge >= 0.3 is 0 Å². The van der Waals surface area contributed by atoms with E-state index in [1.54, 1.807) is 28.6 Å². The summed E-state index contributed by atoms with van der Waals surface area (Å²) in [5.41, 5.74) is 0.571. The highest BCUT2D eigenvalue weighted by molar-refractivity contribution is 7.89. The van der Waals surface area contributed by atoms with Crippen LogP contribution in [-0.2, 0) is 10.0 Å². The normalized spacial score (nSPS) is 21.9. The van der Waals surface area contributed by atoms with Crippen LogP contribution in [0.25, 0.3) is 11.3 Å². The quantitative estimate of drug-likeness (QED) is 0.904. The van der Waals surface area contributed by atoms with Crippen molar-refractivity contribution in [3.05, 3.63) is 36.5 Å². The lowest BCUT2D eigenvalue weighted by Gasteiger charge is -2.28. The van der Waals surface area contributed by atoms with Crippen LogP contribution in [-0.4, -0.2) is 43.1 Å². The fraction of sp³-hybridized carbons (Fsp3) is 0.438. The van der Waals surface area contributed by atoms with E-state index in [1.807, 2.05) is 6.07 Å². The van der Waals surface area contributed by atoms with Gasteiger partial charge in [-0.25, -0.2) is 8.42 Å². The Hall–Kier alpha value is -1.70. The summed E-state index contributed by atoms with van der Waals surface area (Å²) in [6.07, 6.45) is 4.28. The average molecular weight is 333 g/mol. The van der Waals surface area contributed by atoms with E-state index in [9.17, 15) is 8.42 Å². The van der Waals surface area contributed by atoms with E-state index in [2.05, 4.69) is 10.5 Å². The average Bonchev–Trinajstić information content (AvgIpc) is 3.04. The molecule has 1 aliphatic carbocycles. The molecule has 1 aromatic carbocycles. The van der Waals surface area contributed by atoms with Crippen LogP contribution in [0.15, 0.2) is 45.9 Å². The zero-order valence-electron chi connectivity index (χ0n) is 12.7. The number of sulfonamides is 1. The smallest absolute Gasteiger partial charge is 0.244 e. The van der Waals surface area contributed by atoms with E-state index in [0.717, 1.165) is 32.4 Å². The minimum atomic E-state index is -3.57. The predicted octanol–water partition coefficient (Wildman–Crippen LogP) is 1.86. The highest BCUT2D eigenvalue weighted by Gasteiger charge is 2.44. The Labute approximate surface area is 135 Å². The van der Waals surface area contributed by atoms with Gasteiger partial charge in [-0.3, -0.25) is 0 Å². The number of nitrogens with zero attached hydrogens (tertiary/aromatic N) is 2. The maximum Gasteiger partial charge on any atom is 0.244 e. The van der Waals surface area contributed by atoms with Gasteiger partial charge in [0.05, 0.1) is 11.1 Å². The summed E-state index contributed by atoms with van der Waals surface area (Å²) in [4.78, 5) is 0.301. The fourth-order valence-corrected chi connectivity index (χ4v) is 5.34. The van der Waals surface area contributed by atoms with Crippen molar-refractivity contribution in [1.29, 1.82) is 0 Å². The van der Waals surface area contributed by atoms with Crippen LogP contribution in [0.1, 0.15) is 19.3 Å². The lowest BCUT2D eigenvalue weighted by atomic mass is 10.2. The molecule has 1 aromatic heterocycles. The van der Waals surface area contributed by atoms with Gasteiger partial charge in [0.2, 0.25) is 10.0 Å². The molecule has 1 atom stereocenters. The minimum absolute atomic E-state index is 0.0373. The molecule has 2 aliphatic rings. The predicted molar refractivity (Wildman–Crippen MR) is 85.3 cm³/mol. The number of aromatic nitrogens is 1. The lowest BCUT2D eigenvalue weighted by molar-refractivity contribution is 0.327. The molecule has 0 radical (unpaired) electrons. The summed E-state index contributed by atoms with van der Waals surface area (Å²) in [5, 5.41) is 6.96. The topological polar surface area (TPSA) is 75.4 Å². The molecule has 0 amide bonds. The number of rotatable bonds is 5. The van der Waals surface area contributed by atoms with E-state index in [1.165, 1.54) is 6.20 Å². The first kappa shape index (κ1) is 14.9. The molecule has 6 nitrogen and oxygen atoms in total. The first-order chi connectivity index (χ1) is 11.2. The van der Waals surface area contributed by atoms with Crippen LogP contribution >= 0.6 is 0 Å². The van der Waals surface area contributed by atoms with Crippen molar-refractivity contribution in [1.82, 2.24) is 14.8 Å². The summed E-state index contributed by atoms with van der Waals surface area (Å²) in [5.74, 6) is 0.476. The summed E-state index contributed by atoms with van der Waals surface area (Å²) in [6.45, 7) is 1.59. The van der Waals surface area contributed by atoms with Crippen molar-refractivity contribution < 1.29 is 12.9 Å². The number of benzene rings is 1. The van der Waals surface area contributed by atoms with Gasteiger partial charge in [0.1, 0.15) is 0 Å². The lowest BCUT2D eigenvalue weighted by Crippen LogP contribution is -2.43. The van der Waals surface area contributed by atoms with Crippen LogP contribution in [0.2, 0.25) is 0 Å². The van der Waals surface area contributed by atoms with E-state index < -0.39 is 10.0 Å². The molecule has 7 heteroatoms. The molecular weight excluding hydrogens is 314 g/mol. The Morgan fingerprint density at radius 2 is 1.96 bits per heavy atom. The Bertz CT molecular complexity index is 779. The largest absolute Gasteiger partial charge is 0.356 e. The molecule has 1 saturated heterocycles. The zero-order valence-corrected chi connectivity index (χ0v) is 13.5. The summed E-state index contributed by atoms with van der Waals surface area (Å²) >= 11 is 0. The molecular formula is C16H19N3O3S. The van der Waals surface area contributed by atoms with Gasteiger partial charge in [0, 0.05) is 30.3 Å². The Kier molecular flexibility index (Phi) is 3.71. The van der Waals surface area contributed by atoms with Gasteiger partial charge in [-0.1, -0.05) is 17.3 Å². The van der Waals surface area contributed by atoms with Crippen molar-refractivity contribution in [2.24, 2.45) is 0 Å². The molecule has 4 rings (SSSR count). The van der Waals surface area contributed by atoms with Gasteiger partial charge in [-0.2, -0.15) is 4.31 Å². The Morgan fingerprint density at radius 1 is 1.13 bits per heavy atom. The Morgan fingerprint density at radius 3 is 2.61 bits per heavy atom. The van der Waals surface area contributed by atoms with Gasteiger partial charge in [-0.15, -0.1) is 0 Å². The first-order valence-corrected chi connectivity index (χ1v) is 9.36. The summed E-state index contributed by atoms with van der Waals surface area (Å²) in [6, 6.07) is 8.85. The van der Waals surface area contributed by atoms with Crippen molar-refractivity contribution in [2.75, 3.05) is 13.1 Å². The molecule has 2 aromatic rings. The second-order valence-electron chi connectivity index (χ2n) is 6.09. The molecule has 0 bridgehead atoms. The SMILES string of the molecule is O=S(=O)(c1ccccc1-c1ccno1)N(C1CC1)C1CCNC1. The molecule has 23 heavy (non-hydrogen) atoms. The second kappa shape index (κ2) is 5.74. The van der Waals surface area contributed by atoms with Crippen LogP contribution in [0.5, 0.6) is 0 Å². The standard InChI is InChI=1S/C16H19N3O3S/c20-23(21,19(12-5-6-12)13-7-9-17-11-13)16-4-2-1-3-14(16)15-8-10-18-22-15/h1-4,8,10,12-13,17H,5-7,9,11H2. The molecule has 1 aliphatic heterocycles. The van der Waals surface area contributed by atoms with Crippen molar-refractivity contribution >= 4 is 10.0 Å². The minimum Gasteiger partial charge on any atom is -0.356 e. The van der Waals surface area contributed by atoms with Crippen molar-refractivity contribution in [3.8, 4) is 11.3 Å². The molecule has 0 spiro atoms. The van der Waals surface area contributed by atoms with Gasteiger partial charge < -0.3 is 9.84 Å². The number of hydrogen-bond acceptors (Lipinski definition) is 5. The third kappa shape index (κ3) is 2.69. The van der Waals surface area contributed by atoms with E-state index in [-0.39, 0.29) is 12.1 Å². The second-order valence-corrected chi connectivity index (χ2v) is 7.90. The van der Waals surface area contributed by atoms with Crippen molar-refractivity contribution in [3.63, 3.8) is 0 Å². The third-order valence-corrected chi connectivity index (χ3v) is 6.51. The first-order valence-electron chi connectivity index (χ1n) is 7.92. The summed E-state index contributed by atoms with van der Waals surface area (Å²) in [7, 11) is -3.57. The zero-order chi connectivity index (χ0) is 15.9. The monoisotopic (exact) mass is 333 g/mol. The molecule has 1 saturated carbocycles. The van der Waals surface area contributed by atoms with Gasteiger partial charge in [0.25, 0.3) is 0 Å². The van der Waals surface area contributed by atoms with Crippen LogP contribution in [0.4, 0.5) is 0 Å². The molecule has 2 fully saturated rings. The highest BCUT2D eigenvalue weighted by atomic mass is 32.2. The number of hydrogen-bond donors (Lipinski definition) is 1. The van der Waals surface area contributed by atoms with E-state index in [4.69, 9.17) is 4.52 Å². The van der Waals surface area contributed by atoms with Crippen molar-refractivity contribution in [2.45, 2.75) is 36.2 Å².